The second kappa shape index (κ2) is 9.46. The van der Waals surface area contributed by atoms with Gasteiger partial charge in [-0.2, -0.15) is 0 Å². The number of likely N-dealkylation sites (N-methyl/N-ethyl adjacent to an activating group) is 1. The molecule has 188 valence electrons. The number of ether oxygens (including phenoxy) is 1. The van der Waals surface area contributed by atoms with Crippen LogP contribution in [0, 0.1) is 12.8 Å². The molecule has 3 fully saturated rings. The van der Waals surface area contributed by atoms with Gasteiger partial charge in [-0.15, -0.1) is 0 Å². The number of hydrogen-bond donors (Lipinski definition) is 3. The van der Waals surface area contributed by atoms with Gasteiger partial charge in [0.1, 0.15) is 11.5 Å². The Balaban J connectivity index is 1.27. The molecule has 2 aromatic rings. The molecule has 4 heterocycles. The van der Waals surface area contributed by atoms with Crippen LogP contribution in [-0.2, 0) is 4.79 Å². The van der Waals surface area contributed by atoms with Crippen LogP contribution >= 0.6 is 11.8 Å². The van der Waals surface area contributed by atoms with E-state index in [1.54, 1.807) is 11.8 Å². The van der Waals surface area contributed by atoms with Gasteiger partial charge in [0, 0.05) is 36.4 Å². The molecule has 3 unspecified atom stereocenters. The Morgan fingerprint density at radius 1 is 1.14 bits per heavy atom. The number of carbonyl (C=O) groups is 2. The predicted octanol–water partition coefficient (Wildman–Crippen LogP) is 3.40. The minimum Gasteiger partial charge on any atom is -0.457 e. The number of likely N-dealkylation sites (tertiary alicyclic amines) is 1. The summed E-state index contributed by atoms with van der Waals surface area (Å²) in [7, 11) is 1.94. The standard InChI is InChI=1S/C27H31N5O3S/c1-16-14-19(35-18-6-4-3-5-7-18)8-9-20(16)32-21-10-12-29-25-22(21)23(30-27(32)34)24(36-25)26(33)31-13-11-17(15-31)28-2/h3-9,14,17,21-22,25,28-29H,10-13,15H2,1-2H3,(H,30,34)/t17-,21?,22?,25?/m0/s1. The number of thioether (sulfide) groups is 1. The number of amides is 3. The van der Waals surface area contributed by atoms with Crippen LogP contribution in [0.4, 0.5) is 10.5 Å². The topological polar surface area (TPSA) is 85.9 Å². The maximum Gasteiger partial charge on any atom is 0.326 e. The Kier molecular flexibility index (Phi) is 6.15. The molecule has 36 heavy (non-hydrogen) atoms. The fraction of sp³-hybridized carbons (Fsp3) is 0.407. The van der Waals surface area contributed by atoms with Crippen LogP contribution in [-0.4, -0.2) is 61.0 Å². The van der Waals surface area contributed by atoms with Crippen molar-refractivity contribution in [2.75, 3.05) is 31.6 Å². The van der Waals surface area contributed by atoms with Crippen LogP contribution in [0.25, 0.3) is 0 Å². The Labute approximate surface area is 215 Å². The van der Waals surface area contributed by atoms with Crippen molar-refractivity contribution >= 4 is 29.4 Å². The van der Waals surface area contributed by atoms with Gasteiger partial charge in [-0.1, -0.05) is 30.0 Å². The minimum atomic E-state index is -0.172. The van der Waals surface area contributed by atoms with E-state index >= 15 is 0 Å². The van der Waals surface area contributed by atoms with E-state index in [0.717, 1.165) is 54.4 Å². The van der Waals surface area contributed by atoms with Crippen molar-refractivity contribution in [1.82, 2.24) is 20.9 Å². The number of piperidine rings is 1. The number of anilines is 1. The maximum absolute atomic E-state index is 13.5. The molecule has 0 aromatic heterocycles. The minimum absolute atomic E-state index is 0.0129. The average molecular weight is 506 g/mol. The van der Waals surface area contributed by atoms with E-state index in [1.807, 2.05) is 72.3 Å². The molecule has 8 nitrogen and oxygen atoms in total. The predicted molar refractivity (Wildman–Crippen MR) is 141 cm³/mol. The van der Waals surface area contributed by atoms with E-state index < -0.39 is 0 Å². The first-order valence-corrected chi connectivity index (χ1v) is 13.5. The summed E-state index contributed by atoms with van der Waals surface area (Å²) in [6.45, 7) is 4.26. The Hall–Kier alpha value is -3.01. The third-order valence-corrected chi connectivity index (χ3v) is 8.97. The quantitative estimate of drug-likeness (QED) is 0.578. The van der Waals surface area contributed by atoms with Gasteiger partial charge in [-0.25, -0.2) is 4.79 Å². The summed E-state index contributed by atoms with van der Waals surface area (Å²) in [5.41, 5.74) is 2.64. The van der Waals surface area contributed by atoms with E-state index in [2.05, 4.69) is 16.0 Å². The fourth-order valence-corrected chi connectivity index (χ4v) is 7.27. The smallest absolute Gasteiger partial charge is 0.326 e. The summed E-state index contributed by atoms with van der Waals surface area (Å²) in [4.78, 5) is 31.5. The normalized spacial score (nSPS) is 27.2. The summed E-state index contributed by atoms with van der Waals surface area (Å²) in [6, 6.07) is 15.7. The molecule has 3 N–H and O–H groups in total. The van der Waals surface area contributed by atoms with E-state index in [4.69, 9.17) is 4.74 Å². The van der Waals surface area contributed by atoms with Crippen LogP contribution in [0.2, 0.25) is 0 Å². The van der Waals surface area contributed by atoms with E-state index in [0.29, 0.717) is 17.5 Å². The van der Waals surface area contributed by atoms with Crippen molar-refractivity contribution in [2.24, 2.45) is 5.92 Å². The second-order valence-corrected chi connectivity index (χ2v) is 11.0. The number of para-hydroxylation sites is 1. The lowest BCUT2D eigenvalue weighted by Crippen LogP contribution is -2.62. The molecule has 4 atom stereocenters. The molecule has 2 aromatic carbocycles. The number of hydrogen-bond acceptors (Lipinski definition) is 6. The number of aryl methyl sites for hydroxylation is 1. The molecule has 4 aliphatic heterocycles. The largest absolute Gasteiger partial charge is 0.457 e. The summed E-state index contributed by atoms with van der Waals surface area (Å²) in [6.07, 6.45) is 1.78. The SMILES string of the molecule is CN[C@H]1CCN(C(=O)C2=C3NC(=O)N(c4ccc(Oc5ccccc5)cc4C)C4CCNC(S2)C34)C1. The lowest BCUT2D eigenvalue weighted by atomic mass is 9.86. The lowest BCUT2D eigenvalue weighted by molar-refractivity contribution is -0.125. The molecule has 0 radical (unpaired) electrons. The van der Waals surface area contributed by atoms with Gasteiger partial charge in [0.15, 0.2) is 0 Å². The van der Waals surface area contributed by atoms with Crippen molar-refractivity contribution in [3.05, 3.63) is 64.7 Å². The highest BCUT2D eigenvalue weighted by Gasteiger charge is 2.52. The molecule has 0 spiro atoms. The van der Waals surface area contributed by atoms with E-state index in [9.17, 15) is 9.59 Å². The second-order valence-electron chi connectivity index (χ2n) is 9.81. The highest BCUT2D eigenvalue weighted by atomic mass is 32.2. The number of nitrogens with zero attached hydrogens (tertiary/aromatic N) is 2. The summed E-state index contributed by atoms with van der Waals surface area (Å²) in [5.74, 6) is 1.59. The molecule has 0 saturated carbocycles. The third-order valence-electron chi connectivity index (χ3n) is 7.63. The first kappa shape index (κ1) is 23.4. The van der Waals surface area contributed by atoms with Gasteiger partial charge in [0.2, 0.25) is 0 Å². The third kappa shape index (κ3) is 4.05. The molecule has 9 heteroatoms. The Morgan fingerprint density at radius 2 is 1.97 bits per heavy atom. The molecule has 0 aliphatic carbocycles. The van der Waals surface area contributed by atoms with Crippen molar-refractivity contribution in [2.45, 2.75) is 37.2 Å². The zero-order valence-corrected chi connectivity index (χ0v) is 21.3. The first-order valence-electron chi connectivity index (χ1n) is 12.6. The van der Waals surface area contributed by atoms with Crippen molar-refractivity contribution in [3.63, 3.8) is 0 Å². The van der Waals surface area contributed by atoms with Crippen molar-refractivity contribution < 1.29 is 14.3 Å². The van der Waals surface area contributed by atoms with E-state index in [1.165, 1.54) is 0 Å². The molecule has 6 rings (SSSR count). The molecule has 3 amide bonds. The van der Waals surface area contributed by atoms with Crippen molar-refractivity contribution in [1.29, 1.82) is 0 Å². The van der Waals surface area contributed by atoms with Gasteiger partial charge in [-0.3, -0.25) is 9.69 Å². The Morgan fingerprint density at radius 3 is 2.72 bits per heavy atom. The van der Waals surface area contributed by atoms with E-state index in [-0.39, 0.29) is 29.3 Å². The monoisotopic (exact) mass is 505 g/mol. The van der Waals surface area contributed by atoms with Crippen LogP contribution in [0.1, 0.15) is 18.4 Å². The van der Waals surface area contributed by atoms with Crippen LogP contribution in [0.15, 0.2) is 59.1 Å². The van der Waals surface area contributed by atoms with Crippen LogP contribution in [0.5, 0.6) is 11.5 Å². The number of carbonyl (C=O) groups excluding carboxylic acids is 2. The van der Waals surface area contributed by atoms with Gasteiger partial charge in [0.05, 0.1) is 16.3 Å². The summed E-state index contributed by atoms with van der Waals surface area (Å²) < 4.78 is 6.00. The number of nitrogens with one attached hydrogen (secondary N) is 3. The summed E-state index contributed by atoms with van der Waals surface area (Å²) in [5, 5.41) is 10.1. The number of urea groups is 1. The Bertz CT molecular complexity index is 1220. The molecule has 0 bridgehead atoms. The lowest BCUT2D eigenvalue weighted by Gasteiger charge is -2.46. The number of rotatable bonds is 5. The van der Waals surface area contributed by atoms with Gasteiger partial charge >= 0.3 is 6.03 Å². The highest BCUT2D eigenvalue weighted by molar-refractivity contribution is 8.04. The van der Waals surface area contributed by atoms with Gasteiger partial charge < -0.3 is 25.6 Å². The van der Waals surface area contributed by atoms with Gasteiger partial charge in [0.25, 0.3) is 5.91 Å². The zero-order chi connectivity index (χ0) is 24.8. The molecular formula is C27H31N5O3S. The number of benzene rings is 2. The maximum atomic E-state index is 13.5. The first-order chi connectivity index (χ1) is 17.5. The zero-order valence-electron chi connectivity index (χ0n) is 20.5. The summed E-state index contributed by atoms with van der Waals surface area (Å²) >= 11 is 1.58. The van der Waals surface area contributed by atoms with Crippen LogP contribution < -0.4 is 25.6 Å². The average Bonchev–Trinajstić information content (AvgIpc) is 3.51. The van der Waals surface area contributed by atoms with Crippen LogP contribution in [0.3, 0.4) is 0 Å². The van der Waals surface area contributed by atoms with Gasteiger partial charge in [-0.05, 0) is 69.3 Å². The fourth-order valence-electron chi connectivity index (χ4n) is 5.80. The molecule has 3 saturated heterocycles. The highest BCUT2D eigenvalue weighted by Crippen LogP contribution is 2.49. The molecular weight excluding hydrogens is 474 g/mol. The van der Waals surface area contributed by atoms with Crippen molar-refractivity contribution in [3.8, 4) is 11.5 Å². The molecule has 4 aliphatic rings.